The summed E-state index contributed by atoms with van der Waals surface area (Å²) in [5.74, 6) is 1.02. The van der Waals surface area contributed by atoms with E-state index in [1.165, 1.54) is 64.2 Å². The highest BCUT2D eigenvalue weighted by Gasteiger charge is 2.24. The van der Waals surface area contributed by atoms with Crippen molar-refractivity contribution in [3.63, 3.8) is 0 Å². The van der Waals surface area contributed by atoms with Crippen LogP contribution < -0.4 is 5.32 Å². The average Bonchev–Trinajstić information content (AvgIpc) is 2.64. The minimum Gasteiger partial charge on any atom is -0.311 e. The molecule has 2 aliphatic rings. The molecule has 0 spiro atoms. The maximum atomic E-state index is 3.99. The van der Waals surface area contributed by atoms with E-state index in [0.717, 1.165) is 23.3 Å². The van der Waals surface area contributed by atoms with Crippen molar-refractivity contribution in [3.05, 3.63) is 0 Å². The summed E-state index contributed by atoms with van der Waals surface area (Å²) in [5, 5.41) is 4.92. The van der Waals surface area contributed by atoms with Gasteiger partial charge in [0.05, 0.1) is 0 Å². The zero-order valence-electron chi connectivity index (χ0n) is 12.3. The van der Waals surface area contributed by atoms with Gasteiger partial charge in [-0.1, -0.05) is 32.6 Å². The molecule has 18 heavy (non-hydrogen) atoms. The normalized spacial score (nSPS) is 38.3. The lowest BCUT2D eigenvalue weighted by Crippen LogP contribution is -2.41. The molecule has 0 aromatic carbocycles. The standard InChI is InChI=1S/C16H31NS/c1-3-13-6-4-7-14(11-10-13)17-15-8-5-9-16(12-15)18-2/h13-17H,3-12H2,1-2H3. The van der Waals surface area contributed by atoms with E-state index in [-0.39, 0.29) is 0 Å². The lowest BCUT2D eigenvalue weighted by Gasteiger charge is -2.32. The van der Waals surface area contributed by atoms with Gasteiger partial charge in [-0.25, -0.2) is 0 Å². The molecule has 2 heteroatoms. The first-order chi connectivity index (χ1) is 8.81. The Kier molecular flexibility index (Phi) is 6.37. The molecule has 4 atom stereocenters. The summed E-state index contributed by atoms with van der Waals surface area (Å²) < 4.78 is 0. The molecule has 0 bridgehead atoms. The molecule has 0 amide bonds. The summed E-state index contributed by atoms with van der Waals surface area (Å²) >= 11 is 2.08. The van der Waals surface area contributed by atoms with Crippen LogP contribution in [0.15, 0.2) is 0 Å². The van der Waals surface area contributed by atoms with Gasteiger partial charge in [-0.3, -0.25) is 0 Å². The highest BCUT2D eigenvalue weighted by molar-refractivity contribution is 7.99. The van der Waals surface area contributed by atoms with E-state index >= 15 is 0 Å². The third-order valence-corrected chi connectivity index (χ3v) is 6.19. The molecule has 0 aromatic rings. The van der Waals surface area contributed by atoms with Crippen molar-refractivity contribution in [2.75, 3.05) is 6.26 Å². The van der Waals surface area contributed by atoms with Crippen LogP contribution >= 0.6 is 11.8 Å². The van der Waals surface area contributed by atoms with Crippen LogP contribution in [-0.2, 0) is 0 Å². The topological polar surface area (TPSA) is 12.0 Å². The van der Waals surface area contributed by atoms with Gasteiger partial charge in [-0.05, 0) is 50.7 Å². The second-order valence-electron chi connectivity index (χ2n) is 6.37. The zero-order valence-corrected chi connectivity index (χ0v) is 13.1. The van der Waals surface area contributed by atoms with Crippen molar-refractivity contribution in [1.82, 2.24) is 5.32 Å². The SMILES string of the molecule is CCC1CCCC(NC2CCCC(SC)C2)CC1. The Morgan fingerprint density at radius 3 is 2.50 bits per heavy atom. The Morgan fingerprint density at radius 2 is 1.72 bits per heavy atom. The zero-order chi connectivity index (χ0) is 12.8. The molecule has 2 saturated carbocycles. The number of hydrogen-bond acceptors (Lipinski definition) is 2. The molecule has 1 N–H and O–H groups in total. The summed E-state index contributed by atoms with van der Waals surface area (Å²) in [4.78, 5) is 0. The van der Waals surface area contributed by atoms with Gasteiger partial charge in [0.2, 0.25) is 0 Å². The van der Waals surface area contributed by atoms with Crippen LogP contribution in [-0.4, -0.2) is 23.6 Å². The van der Waals surface area contributed by atoms with Crippen LogP contribution in [0.25, 0.3) is 0 Å². The molecule has 0 aromatic heterocycles. The van der Waals surface area contributed by atoms with Gasteiger partial charge in [0.15, 0.2) is 0 Å². The van der Waals surface area contributed by atoms with Gasteiger partial charge in [0, 0.05) is 17.3 Å². The fraction of sp³-hybridized carbons (Fsp3) is 1.00. The molecule has 2 fully saturated rings. The number of hydrogen-bond donors (Lipinski definition) is 1. The van der Waals surface area contributed by atoms with E-state index < -0.39 is 0 Å². The molecular formula is C16H31NS. The number of nitrogens with one attached hydrogen (secondary N) is 1. The van der Waals surface area contributed by atoms with Crippen LogP contribution in [0.2, 0.25) is 0 Å². The molecule has 2 rings (SSSR count). The Hall–Kier alpha value is 0.310. The van der Waals surface area contributed by atoms with Crippen molar-refractivity contribution >= 4 is 11.8 Å². The van der Waals surface area contributed by atoms with Gasteiger partial charge in [0.1, 0.15) is 0 Å². The summed E-state index contributed by atoms with van der Waals surface area (Å²) in [7, 11) is 0. The van der Waals surface area contributed by atoms with Crippen molar-refractivity contribution in [3.8, 4) is 0 Å². The molecule has 1 nitrogen and oxygen atoms in total. The first kappa shape index (κ1) is 14.7. The second-order valence-corrected chi connectivity index (χ2v) is 7.51. The molecule has 0 aliphatic heterocycles. The van der Waals surface area contributed by atoms with E-state index in [1.54, 1.807) is 0 Å². The van der Waals surface area contributed by atoms with E-state index in [4.69, 9.17) is 0 Å². The predicted octanol–water partition coefficient (Wildman–Crippen LogP) is 4.61. The average molecular weight is 269 g/mol. The van der Waals surface area contributed by atoms with Gasteiger partial charge in [0.25, 0.3) is 0 Å². The highest BCUT2D eigenvalue weighted by Crippen LogP contribution is 2.29. The minimum atomic E-state index is 0.819. The van der Waals surface area contributed by atoms with Crippen molar-refractivity contribution in [1.29, 1.82) is 0 Å². The molecule has 4 unspecified atom stereocenters. The van der Waals surface area contributed by atoms with Crippen LogP contribution in [0, 0.1) is 5.92 Å². The summed E-state index contributed by atoms with van der Waals surface area (Å²) in [5.41, 5.74) is 0. The van der Waals surface area contributed by atoms with Crippen LogP contribution in [0.4, 0.5) is 0 Å². The Balaban J connectivity index is 1.75. The lowest BCUT2D eigenvalue weighted by molar-refractivity contribution is 0.322. The van der Waals surface area contributed by atoms with Crippen molar-refractivity contribution in [2.45, 2.75) is 88.5 Å². The first-order valence-corrected chi connectivity index (χ1v) is 9.39. The van der Waals surface area contributed by atoms with Crippen molar-refractivity contribution < 1.29 is 0 Å². The minimum absolute atomic E-state index is 0.819. The molecule has 0 heterocycles. The second kappa shape index (κ2) is 7.79. The fourth-order valence-electron chi connectivity index (χ4n) is 3.80. The van der Waals surface area contributed by atoms with E-state index in [1.807, 2.05) is 0 Å². The third-order valence-electron chi connectivity index (χ3n) is 5.10. The van der Waals surface area contributed by atoms with Gasteiger partial charge >= 0.3 is 0 Å². The summed E-state index contributed by atoms with van der Waals surface area (Å²) in [6.45, 7) is 2.36. The first-order valence-electron chi connectivity index (χ1n) is 8.10. The quantitative estimate of drug-likeness (QED) is 0.748. The lowest BCUT2D eigenvalue weighted by atomic mass is 9.93. The Morgan fingerprint density at radius 1 is 0.944 bits per heavy atom. The summed E-state index contributed by atoms with van der Waals surface area (Å²) in [6.07, 6.45) is 16.6. The van der Waals surface area contributed by atoms with Crippen LogP contribution in [0.3, 0.4) is 0 Å². The predicted molar refractivity (Wildman–Crippen MR) is 83.3 cm³/mol. The van der Waals surface area contributed by atoms with E-state index in [2.05, 4.69) is 30.3 Å². The Bertz CT molecular complexity index is 231. The van der Waals surface area contributed by atoms with Gasteiger partial charge in [-0.15, -0.1) is 0 Å². The Labute approximate surface area is 118 Å². The summed E-state index contributed by atoms with van der Waals surface area (Å²) in [6, 6.07) is 1.64. The molecular weight excluding hydrogens is 238 g/mol. The molecule has 0 radical (unpaired) electrons. The third kappa shape index (κ3) is 4.45. The molecule has 2 aliphatic carbocycles. The van der Waals surface area contributed by atoms with Crippen LogP contribution in [0.5, 0.6) is 0 Å². The smallest absolute Gasteiger partial charge is 0.00801 e. The molecule has 0 saturated heterocycles. The van der Waals surface area contributed by atoms with Crippen molar-refractivity contribution in [2.24, 2.45) is 5.92 Å². The largest absolute Gasteiger partial charge is 0.311 e. The highest BCUT2D eigenvalue weighted by atomic mass is 32.2. The van der Waals surface area contributed by atoms with Crippen LogP contribution in [0.1, 0.15) is 71.1 Å². The van der Waals surface area contributed by atoms with E-state index in [9.17, 15) is 0 Å². The fourth-order valence-corrected chi connectivity index (χ4v) is 4.62. The number of thioether (sulfide) groups is 1. The number of rotatable bonds is 4. The monoisotopic (exact) mass is 269 g/mol. The molecule has 106 valence electrons. The van der Waals surface area contributed by atoms with Gasteiger partial charge < -0.3 is 5.32 Å². The maximum absolute atomic E-state index is 3.99. The van der Waals surface area contributed by atoms with Gasteiger partial charge in [-0.2, -0.15) is 11.8 Å². The van der Waals surface area contributed by atoms with E-state index in [0.29, 0.717) is 0 Å². The maximum Gasteiger partial charge on any atom is 0.00801 e.